The van der Waals surface area contributed by atoms with Gasteiger partial charge in [-0.1, -0.05) is 6.07 Å². The summed E-state index contributed by atoms with van der Waals surface area (Å²) in [6.45, 7) is 4.12. The van der Waals surface area contributed by atoms with Crippen LogP contribution in [0.2, 0.25) is 0 Å². The Kier molecular flexibility index (Phi) is 4.65. The average Bonchev–Trinajstić information content (AvgIpc) is 2.81. The first-order valence-electron chi connectivity index (χ1n) is 6.88. The van der Waals surface area contributed by atoms with E-state index in [1.807, 2.05) is 62.0 Å². The van der Waals surface area contributed by atoms with Crippen molar-refractivity contribution < 1.29 is 9.90 Å². The third kappa shape index (κ3) is 4.10. The predicted octanol–water partition coefficient (Wildman–Crippen LogP) is 2.50. The van der Waals surface area contributed by atoms with Gasteiger partial charge in [0.05, 0.1) is 6.54 Å². The van der Waals surface area contributed by atoms with Crippen molar-refractivity contribution in [2.75, 3.05) is 11.9 Å². The summed E-state index contributed by atoms with van der Waals surface area (Å²) in [5, 5.41) is 15.5. The van der Waals surface area contributed by atoms with E-state index in [1.165, 1.54) is 0 Å². The van der Waals surface area contributed by atoms with E-state index >= 15 is 0 Å². The molecule has 0 fully saturated rings. The Morgan fingerprint density at radius 3 is 2.52 bits per heavy atom. The van der Waals surface area contributed by atoms with Crippen molar-refractivity contribution in [3.8, 4) is 0 Å². The fourth-order valence-electron chi connectivity index (χ4n) is 2.34. The lowest BCUT2D eigenvalue weighted by molar-refractivity contribution is 0.167. The van der Waals surface area contributed by atoms with Gasteiger partial charge in [0.25, 0.3) is 0 Å². The lowest BCUT2D eigenvalue weighted by Gasteiger charge is -2.14. The summed E-state index contributed by atoms with van der Waals surface area (Å²) in [6, 6.07) is 9.21. The van der Waals surface area contributed by atoms with Crippen molar-refractivity contribution in [1.29, 1.82) is 0 Å². The van der Waals surface area contributed by atoms with Crippen molar-refractivity contribution in [1.82, 2.24) is 9.88 Å². The van der Waals surface area contributed by atoms with Gasteiger partial charge in [0.2, 0.25) is 0 Å². The molecule has 0 saturated heterocycles. The Morgan fingerprint density at radius 2 is 1.95 bits per heavy atom. The third-order valence-corrected chi connectivity index (χ3v) is 3.26. The van der Waals surface area contributed by atoms with Crippen LogP contribution in [0.3, 0.4) is 0 Å². The zero-order chi connectivity index (χ0) is 15.4. The molecule has 21 heavy (non-hydrogen) atoms. The van der Waals surface area contributed by atoms with Crippen molar-refractivity contribution in [2.24, 2.45) is 7.05 Å². The molecule has 0 bridgehead atoms. The quantitative estimate of drug-likeness (QED) is 0.809. The van der Waals surface area contributed by atoms with Gasteiger partial charge in [-0.15, -0.1) is 0 Å². The predicted molar refractivity (Wildman–Crippen MR) is 83.3 cm³/mol. The summed E-state index contributed by atoms with van der Waals surface area (Å²) in [7, 11) is 1.86. The molecule has 0 aliphatic rings. The number of anilines is 1. The van der Waals surface area contributed by atoms with Crippen LogP contribution < -0.4 is 10.6 Å². The maximum Gasteiger partial charge on any atom is 0.319 e. The topological polar surface area (TPSA) is 66.3 Å². The summed E-state index contributed by atoms with van der Waals surface area (Å²) < 4.78 is 1.83. The number of rotatable bonds is 4. The minimum atomic E-state index is -0.727. The van der Waals surface area contributed by atoms with E-state index in [4.69, 9.17) is 0 Å². The van der Waals surface area contributed by atoms with Gasteiger partial charge in [-0.25, -0.2) is 4.79 Å². The van der Waals surface area contributed by atoms with Crippen LogP contribution in [-0.4, -0.2) is 22.2 Å². The van der Waals surface area contributed by atoms with E-state index in [-0.39, 0.29) is 12.6 Å². The molecule has 2 amide bonds. The van der Waals surface area contributed by atoms with E-state index in [1.54, 1.807) is 0 Å². The SMILES string of the molecule is Cc1cc(C)cc(NC(=O)NCC(O)c2cccn2C)c1. The number of aliphatic hydroxyl groups is 1. The third-order valence-electron chi connectivity index (χ3n) is 3.26. The highest BCUT2D eigenvalue weighted by molar-refractivity contribution is 5.89. The summed E-state index contributed by atoms with van der Waals surface area (Å²) >= 11 is 0. The Balaban J connectivity index is 1.89. The summed E-state index contributed by atoms with van der Waals surface area (Å²) in [5.74, 6) is 0. The van der Waals surface area contributed by atoms with Gasteiger partial charge in [0.15, 0.2) is 0 Å². The van der Waals surface area contributed by atoms with Crippen LogP contribution in [0.5, 0.6) is 0 Å². The van der Waals surface area contributed by atoms with Crippen LogP contribution in [-0.2, 0) is 7.05 Å². The number of hydrogen-bond donors (Lipinski definition) is 3. The lowest BCUT2D eigenvalue weighted by Crippen LogP contribution is -2.32. The van der Waals surface area contributed by atoms with Gasteiger partial charge in [0.1, 0.15) is 6.10 Å². The molecule has 0 aliphatic heterocycles. The number of urea groups is 1. The first-order chi connectivity index (χ1) is 9.95. The van der Waals surface area contributed by atoms with Crippen LogP contribution in [0.1, 0.15) is 22.9 Å². The molecule has 1 unspecified atom stereocenters. The molecule has 1 aromatic heterocycles. The number of nitrogens with one attached hydrogen (secondary N) is 2. The number of nitrogens with zero attached hydrogens (tertiary/aromatic N) is 1. The fourth-order valence-corrected chi connectivity index (χ4v) is 2.34. The summed E-state index contributed by atoms with van der Waals surface area (Å²) in [5.41, 5.74) is 3.70. The molecule has 2 aromatic rings. The van der Waals surface area contributed by atoms with Crippen molar-refractivity contribution in [3.05, 3.63) is 53.3 Å². The summed E-state index contributed by atoms with van der Waals surface area (Å²) in [4.78, 5) is 11.9. The number of aromatic nitrogens is 1. The van der Waals surface area contributed by atoms with Crippen molar-refractivity contribution in [2.45, 2.75) is 20.0 Å². The van der Waals surface area contributed by atoms with E-state index in [9.17, 15) is 9.90 Å². The normalized spacial score (nSPS) is 12.0. The Labute approximate surface area is 124 Å². The zero-order valence-corrected chi connectivity index (χ0v) is 12.6. The molecule has 0 aliphatic carbocycles. The highest BCUT2D eigenvalue weighted by Gasteiger charge is 2.12. The molecular formula is C16H21N3O2. The van der Waals surface area contributed by atoms with Gasteiger partial charge in [0, 0.05) is 24.6 Å². The molecule has 5 nitrogen and oxygen atoms in total. The number of carbonyl (C=O) groups is 1. The highest BCUT2D eigenvalue weighted by Crippen LogP contribution is 2.14. The van der Waals surface area contributed by atoms with E-state index in [2.05, 4.69) is 10.6 Å². The molecule has 1 heterocycles. The second kappa shape index (κ2) is 6.45. The number of aryl methyl sites for hydroxylation is 3. The summed E-state index contributed by atoms with van der Waals surface area (Å²) in [6.07, 6.45) is 1.13. The van der Waals surface area contributed by atoms with Crippen LogP contribution in [0.25, 0.3) is 0 Å². The number of hydrogen-bond acceptors (Lipinski definition) is 2. The molecule has 0 radical (unpaired) electrons. The molecule has 2 rings (SSSR count). The van der Waals surface area contributed by atoms with Crippen molar-refractivity contribution in [3.63, 3.8) is 0 Å². The van der Waals surface area contributed by atoms with Crippen LogP contribution in [0.4, 0.5) is 10.5 Å². The standard InChI is InChI=1S/C16H21N3O2/c1-11-7-12(2)9-13(8-11)18-16(21)17-10-15(20)14-5-4-6-19(14)3/h4-9,15,20H,10H2,1-3H3,(H2,17,18,21). The van der Waals surface area contributed by atoms with Gasteiger partial charge < -0.3 is 20.3 Å². The second-order valence-electron chi connectivity index (χ2n) is 5.27. The minimum Gasteiger partial charge on any atom is -0.385 e. The largest absolute Gasteiger partial charge is 0.385 e. The van der Waals surface area contributed by atoms with Gasteiger partial charge in [-0.3, -0.25) is 0 Å². The molecule has 0 spiro atoms. The Morgan fingerprint density at radius 1 is 1.29 bits per heavy atom. The molecule has 5 heteroatoms. The van der Waals surface area contributed by atoms with Crippen molar-refractivity contribution >= 4 is 11.7 Å². The first-order valence-corrected chi connectivity index (χ1v) is 6.88. The van der Waals surface area contributed by atoms with Crippen LogP contribution >= 0.6 is 0 Å². The first kappa shape index (κ1) is 15.1. The smallest absolute Gasteiger partial charge is 0.319 e. The Bertz CT molecular complexity index is 614. The number of carbonyl (C=O) groups excluding carboxylic acids is 1. The molecular weight excluding hydrogens is 266 g/mol. The average molecular weight is 287 g/mol. The van der Waals surface area contributed by atoms with Crippen LogP contribution in [0.15, 0.2) is 36.5 Å². The highest BCUT2D eigenvalue weighted by atomic mass is 16.3. The minimum absolute atomic E-state index is 0.161. The van der Waals surface area contributed by atoms with Crippen LogP contribution in [0, 0.1) is 13.8 Å². The zero-order valence-electron chi connectivity index (χ0n) is 12.6. The number of aliphatic hydroxyl groups excluding tert-OH is 1. The Hall–Kier alpha value is -2.27. The van der Waals surface area contributed by atoms with E-state index in [0.29, 0.717) is 0 Å². The van der Waals surface area contributed by atoms with E-state index < -0.39 is 6.10 Å². The molecule has 1 atom stereocenters. The maximum atomic E-state index is 11.9. The van der Waals surface area contributed by atoms with Gasteiger partial charge >= 0.3 is 6.03 Å². The molecule has 1 aromatic carbocycles. The maximum absolute atomic E-state index is 11.9. The van der Waals surface area contributed by atoms with Gasteiger partial charge in [-0.05, 0) is 49.2 Å². The molecule has 3 N–H and O–H groups in total. The van der Waals surface area contributed by atoms with Gasteiger partial charge in [-0.2, -0.15) is 0 Å². The molecule has 112 valence electrons. The molecule has 0 saturated carbocycles. The lowest BCUT2D eigenvalue weighted by atomic mass is 10.1. The number of benzene rings is 1. The second-order valence-corrected chi connectivity index (χ2v) is 5.27. The number of amides is 2. The fraction of sp³-hybridized carbons (Fsp3) is 0.312. The monoisotopic (exact) mass is 287 g/mol. The van der Waals surface area contributed by atoms with E-state index in [0.717, 1.165) is 22.5 Å².